The molecule has 0 fully saturated rings. The van der Waals surface area contributed by atoms with Gasteiger partial charge in [0.1, 0.15) is 5.56 Å². The zero-order valence-electron chi connectivity index (χ0n) is 11.8. The van der Waals surface area contributed by atoms with Gasteiger partial charge in [-0.2, -0.15) is 13.2 Å². The molecule has 2 N–H and O–H groups in total. The Labute approximate surface area is 135 Å². The third kappa shape index (κ3) is 3.25. The minimum atomic E-state index is -4.65. The number of halogens is 4. The van der Waals surface area contributed by atoms with Gasteiger partial charge in [0.2, 0.25) is 0 Å². The summed E-state index contributed by atoms with van der Waals surface area (Å²) in [6, 6.07) is 0.606. The maximum Gasteiger partial charge on any atom is 0.417 e. The molecule has 0 aliphatic carbocycles. The molecular weight excluding hydrogens is 357 g/mol. The van der Waals surface area contributed by atoms with Gasteiger partial charge in [-0.25, -0.2) is 19.2 Å². The zero-order chi connectivity index (χ0) is 18.2. The van der Waals surface area contributed by atoms with Crippen LogP contribution in [-0.2, 0) is 6.18 Å². The monoisotopic (exact) mass is 364 g/mol. The minimum Gasteiger partial charge on any atom is -0.477 e. The van der Waals surface area contributed by atoms with Crippen molar-refractivity contribution in [3.63, 3.8) is 0 Å². The number of carboxylic acid groups (broad SMARTS) is 1. The number of carboxylic acids is 1. The second-order valence-electron chi connectivity index (χ2n) is 4.50. The number of rotatable bonds is 3. The number of aromatic carboxylic acids is 1. The van der Waals surface area contributed by atoms with Gasteiger partial charge in [-0.05, 0) is 6.07 Å². The predicted molar refractivity (Wildman–Crippen MR) is 76.3 cm³/mol. The van der Waals surface area contributed by atoms with Gasteiger partial charge in [-0.15, -0.1) is 0 Å². The van der Waals surface area contributed by atoms with E-state index in [-0.39, 0.29) is 5.82 Å². The van der Waals surface area contributed by atoms with E-state index >= 15 is 0 Å². The standard InChI is InChI=1S/C12H8ClF3N4O4/c1-19(8-7(13)2-5(3-17-8)12(14,15)16)20-4-6(10(22)23)9(21)18-11(20)24/h2-4H,1H3,(H,22,23)(H,18,21,24). The van der Waals surface area contributed by atoms with Gasteiger partial charge < -0.3 is 5.11 Å². The fourth-order valence-corrected chi connectivity index (χ4v) is 2.05. The molecule has 0 radical (unpaired) electrons. The summed E-state index contributed by atoms with van der Waals surface area (Å²) >= 11 is 5.76. The van der Waals surface area contributed by atoms with Crippen LogP contribution in [0.15, 0.2) is 28.0 Å². The van der Waals surface area contributed by atoms with E-state index in [0.29, 0.717) is 23.1 Å². The van der Waals surface area contributed by atoms with E-state index in [9.17, 15) is 27.6 Å². The first kappa shape index (κ1) is 17.5. The van der Waals surface area contributed by atoms with Gasteiger partial charge in [0.25, 0.3) is 5.56 Å². The number of alkyl halides is 3. The van der Waals surface area contributed by atoms with Crippen LogP contribution in [0.1, 0.15) is 15.9 Å². The summed E-state index contributed by atoms with van der Waals surface area (Å²) in [6.45, 7) is 0. The molecule has 0 unspecified atom stereocenters. The lowest BCUT2D eigenvalue weighted by Crippen LogP contribution is -2.42. The number of nitrogens with zero attached hydrogens (tertiary/aromatic N) is 3. The van der Waals surface area contributed by atoms with Gasteiger partial charge in [0, 0.05) is 13.2 Å². The van der Waals surface area contributed by atoms with E-state index in [1.807, 2.05) is 0 Å². The second kappa shape index (κ2) is 6.00. The Morgan fingerprint density at radius 2 is 2.04 bits per heavy atom. The molecule has 8 nitrogen and oxygen atoms in total. The topological polar surface area (TPSA) is 108 Å². The van der Waals surface area contributed by atoms with Crippen molar-refractivity contribution in [2.24, 2.45) is 0 Å². The molecule has 2 rings (SSSR count). The zero-order valence-corrected chi connectivity index (χ0v) is 12.5. The third-order valence-corrected chi connectivity index (χ3v) is 3.21. The van der Waals surface area contributed by atoms with Crippen LogP contribution in [0, 0.1) is 0 Å². The number of nitrogens with one attached hydrogen (secondary N) is 1. The summed E-state index contributed by atoms with van der Waals surface area (Å²) in [7, 11) is 1.20. The van der Waals surface area contributed by atoms with E-state index in [1.165, 1.54) is 7.05 Å². The fraction of sp³-hybridized carbons (Fsp3) is 0.167. The Hall–Kier alpha value is -2.82. The van der Waals surface area contributed by atoms with Crippen molar-refractivity contribution in [3.05, 3.63) is 55.4 Å². The quantitative estimate of drug-likeness (QED) is 0.847. The molecule has 2 aromatic heterocycles. The molecular formula is C12H8ClF3N4O4. The SMILES string of the molecule is CN(c1ncc(C(F)(F)F)cc1Cl)n1cc(C(=O)O)c(=O)[nH]c1=O. The molecule has 0 atom stereocenters. The molecule has 0 amide bonds. The van der Waals surface area contributed by atoms with E-state index in [2.05, 4.69) is 4.98 Å². The largest absolute Gasteiger partial charge is 0.477 e. The molecule has 0 aliphatic heterocycles. The first-order chi connectivity index (χ1) is 11.0. The van der Waals surface area contributed by atoms with Crippen molar-refractivity contribution in [1.29, 1.82) is 0 Å². The highest BCUT2D eigenvalue weighted by Crippen LogP contribution is 2.33. The van der Waals surface area contributed by atoms with Gasteiger partial charge in [0.05, 0.1) is 16.8 Å². The molecule has 2 aromatic rings. The molecule has 12 heteroatoms. The van der Waals surface area contributed by atoms with Crippen molar-refractivity contribution < 1.29 is 23.1 Å². The van der Waals surface area contributed by atoms with Gasteiger partial charge in [0.15, 0.2) is 5.82 Å². The summed E-state index contributed by atoms with van der Waals surface area (Å²) in [5, 5.41) is 9.36. The van der Waals surface area contributed by atoms with E-state index in [4.69, 9.17) is 16.7 Å². The average Bonchev–Trinajstić information content (AvgIpc) is 2.45. The summed E-state index contributed by atoms with van der Waals surface area (Å²) in [6.07, 6.45) is -3.44. The molecule has 0 spiro atoms. The van der Waals surface area contributed by atoms with E-state index in [0.717, 1.165) is 5.01 Å². The van der Waals surface area contributed by atoms with Crippen LogP contribution in [0.25, 0.3) is 0 Å². The summed E-state index contributed by atoms with van der Waals surface area (Å²) in [5.74, 6) is -1.85. The second-order valence-corrected chi connectivity index (χ2v) is 4.91. The van der Waals surface area contributed by atoms with Crippen molar-refractivity contribution in [2.75, 3.05) is 12.1 Å². The highest BCUT2D eigenvalue weighted by atomic mass is 35.5. The number of H-pyrrole nitrogens is 1. The maximum atomic E-state index is 12.6. The summed E-state index contributed by atoms with van der Waals surface area (Å²) in [5.41, 5.74) is -3.98. The normalized spacial score (nSPS) is 11.4. The lowest BCUT2D eigenvalue weighted by Gasteiger charge is -2.21. The third-order valence-electron chi connectivity index (χ3n) is 2.93. The smallest absolute Gasteiger partial charge is 0.417 e. The van der Waals surface area contributed by atoms with Crippen LogP contribution >= 0.6 is 11.6 Å². The molecule has 0 aromatic carbocycles. The lowest BCUT2D eigenvalue weighted by atomic mass is 10.3. The number of carbonyl (C=O) groups is 1. The molecule has 0 saturated carbocycles. The van der Waals surface area contributed by atoms with Crippen molar-refractivity contribution in [2.45, 2.75) is 6.18 Å². The van der Waals surface area contributed by atoms with Crippen LogP contribution < -0.4 is 16.3 Å². The Morgan fingerprint density at radius 3 is 2.54 bits per heavy atom. The highest BCUT2D eigenvalue weighted by Gasteiger charge is 2.32. The number of hydrogen-bond acceptors (Lipinski definition) is 5. The Bertz CT molecular complexity index is 922. The Kier molecular flexibility index (Phi) is 4.38. The first-order valence-corrected chi connectivity index (χ1v) is 6.46. The van der Waals surface area contributed by atoms with E-state index in [1.54, 1.807) is 4.98 Å². The maximum absolute atomic E-state index is 12.6. The molecule has 0 bridgehead atoms. The van der Waals surface area contributed by atoms with Crippen LogP contribution in [-0.4, -0.2) is 32.8 Å². The van der Waals surface area contributed by atoms with Crippen molar-refractivity contribution in [1.82, 2.24) is 14.6 Å². The fourth-order valence-electron chi connectivity index (χ4n) is 1.76. The van der Waals surface area contributed by atoms with Gasteiger partial charge in [-0.3, -0.25) is 14.8 Å². The highest BCUT2D eigenvalue weighted by molar-refractivity contribution is 6.33. The molecule has 0 aliphatic rings. The van der Waals surface area contributed by atoms with Crippen LogP contribution in [0.5, 0.6) is 0 Å². The molecule has 128 valence electrons. The number of pyridine rings is 1. The van der Waals surface area contributed by atoms with Crippen LogP contribution in [0.3, 0.4) is 0 Å². The first-order valence-electron chi connectivity index (χ1n) is 6.08. The number of hydrogen-bond donors (Lipinski definition) is 2. The lowest BCUT2D eigenvalue weighted by molar-refractivity contribution is -0.137. The summed E-state index contributed by atoms with van der Waals surface area (Å²) in [4.78, 5) is 39.4. The molecule has 24 heavy (non-hydrogen) atoms. The van der Waals surface area contributed by atoms with Crippen LogP contribution in [0.4, 0.5) is 19.0 Å². The Morgan fingerprint density at radius 1 is 1.42 bits per heavy atom. The van der Waals surface area contributed by atoms with Crippen molar-refractivity contribution in [3.8, 4) is 0 Å². The number of anilines is 1. The molecule has 2 heterocycles. The van der Waals surface area contributed by atoms with E-state index < -0.39 is 39.5 Å². The average molecular weight is 365 g/mol. The van der Waals surface area contributed by atoms with Gasteiger partial charge >= 0.3 is 17.8 Å². The number of aromatic nitrogens is 3. The molecule has 0 saturated heterocycles. The van der Waals surface area contributed by atoms with Crippen molar-refractivity contribution >= 4 is 23.4 Å². The van der Waals surface area contributed by atoms with Gasteiger partial charge in [-0.1, -0.05) is 11.6 Å². The Balaban J connectivity index is 2.56. The van der Waals surface area contributed by atoms with Crippen LogP contribution in [0.2, 0.25) is 5.02 Å². The number of aromatic amines is 1. The minimum absolute atomic E-state index is 0.254. The predicted octanol–water partition coefficient (Wildman–Crippen LogP) is 1.20. The summed E-state index contributed by atoms with van der Waals surface area (Å²) < 4.78 is 38.4.